The fourth-order valence-electron chi connectivity index (χ4n) is 2.56. The molecular formula is C20H40O6. The van der Waals surface area contributed by atoms with Crippen molar-refractivity contribution in [1.29, 1.82) is 0 Å². The van der Waals surface area contributed by atoms with Crippen molar-refractivity contribution in [3.05, 3.63) is 0 Å². The Morgan fingerprint density at radius 3 is 1.96 bits per heavy atom. The van der Waals surface area contributed by atoms with Crippen molar-refractivity contribution < 1.29 is 29.2 Å². The van der Waals surface area contributed by atoms with Crippen molar-refractivity contribution in [2.24, 2.45) is 5.92 Å². The van der Waals surface area contributed by atoms with Crippen molar-refractivity contribution in [1.82, 2.24) is 0 Å². The topological polar surface area (TPSA) is 85.2 Å². The molecule has 0 rings (SSSR count). The van der Waals surface area contributed by atoms with E-state index in [0.29, 0.717) is 12.8 Å². The molecule has 0 radical (unpaired) electrons. The molecule has 0 fully saturated rings. The number of ether oxygens (including phenoxy) is 3. The molecule has 4 atom stereocenters. The molecule has 0 aromatic heterocycles. The second kappa shape index (κ2) is 9.90. The first-order valence-corrected chi connectivity index (χ1v) is 9.64. The lowest BCUT2D eigenvalue weighted by Gasteiger charge is -2.42. The number of carbonyl (C=O) groups is 1. The Labute approximate surface area is 159 Å². The van der Waals surface area contributed by atoms with E-state index in [0.717, 1.165) is 6.42 Å². The first-order valence-electron chi connectivity index (χ1n) is 9.64. The van der Waals surface area contributed by atoms with E-state index in [1.807, 2.05) is 27.7 Å². The maximum atomic E-state index is 12.1. The van der Waals surface area contributed by atoms with Crippen molar-refractivity contribution in [2.45, 2.75) is 111 Å². The summed E-state index contributed by atoms with van der Waals surface area (Å²) in [6.45, 7) is 16.3. The lowest BCUT2D eigenvalue weighted by Crippen LogP contribution is -2.54. The molecule has 0 spiro atoms. The van der Waals surface area contributed by atoms with E-state index < -0.39 is 23.0 Å². The summed E-state index contributed by atoms with van der Waals surface area (Å²) in [5.41, 5.74) is -3.35. The van der Waals surface area contributed by atoms with E-state index in [2.05, 4.69) is 0 Å². The third kappa shape index (κ3) is 7.80. The fraction of sp³-hybridized carbons (Fsp3) is 0.950. The van der Waals surface area contributed by atoms with Crippen LogP contribution in [0.25, 0.3) is 0 Å². The van der Waals surface area contributed by atoms with Crippen LogP contribution in [0.2, 0.25) is 0 Å². The molecule has 156 valence electrons. The Kier molecular flexibility index (Phi) is 9.58. The average Bonchev–Trinajstić information content (AvgIpc) is 2.50. The van der Waals surface area contributed by atoms with Gasteiger partial charge in [-0.15, -0.1) is 0 Å². The minimum absolute atomic E-state index is 0.0382. The molecule has 2 N–H and O–H groups in total. The van der Waals surface area contributed by atoms with Gasteiger partial charge in [0.25, 0.3) is 0 Å². The van der Waals surface area contributed by atoms with Crippen molar-refractivity contribution in [3.8, 4) is 0 Å². The normalized spacial score (nSPS) is 18.6. The highest BCUT2D eigenvalue weighted by Gasteiger charge is 2.47. The van der Waals surface area contributed by atoms with E-state index >= 15 is 0 Å². The van der Waals surface area contributed by atoms with Gasteiger partial charge in [-0.05, 0) is 54.4 Å². The molecular weight excluding hydrogens is 336 g/mol. The summed E-state index contributed by atoms with van der Waals surface area (Å²) in [6, 6.07) is 0. The molecule has 0 aromatic rings. The van der Waals surface area contributed by atoms with Gasteiger partial charge in [0, 0.05) is 12.3 Å². The SMILES string of the molecule is CCC(C)OC(C)CC(O)(CC)C(C)(C)OC(=O)OCC(C)C(C)(C)O. The van der Waals surface area contributed by atoms with E-state index in [1.165, 1.54) is 0 Å². The summed E-state index contributed by atoms with van der Waals surface area (Å²) >= 11 is 0. The second-order valence-electron chi connectivity index (χ2n) is 8.48. The van der Waals surface area contributed by atoms with Gasteiger partial charge in [0.05, 0.1) is 17.8 Å². The Morgan fingerprint density at radius 2 is 1.54 bits per heavy atom. The molecule has 0 aliphatic carbocycles. The van der Waals surface area contributed by atoms with Crippen LogP contribution in [0.5, 0.6) is 0 Å². The predicted octanol–water partition coefficient (Wildman–Crippen LogP) is 4.06. The first kappa shape index (κ1) is 25.1. The van der Waals surface area contributed by atoms with Gasteiger partial charge in [0.15, 0.2) is 0 Å². The molecule has 0 amide bonds. The number of hydrogen-bond donors (Lipinski definition) is 2. The summed E-state index contributed by atoms with van der Waals surface area (Å²) in [7, 11) is 0. The number of aliphatic hydroxyl groups is 2. The Morgan fingerprint density at radius 1 is 1.00 bits per heavy atom. The van der Waals surface area contributed by atoms with Gasteiger partial charge in [-0.3, -0.25) is 0 Å². The monoisotopic (exact) mass is 376 g/mol. The van der Waals surface area contributed by atoms with Crippen LogP contribution >= 0.6 is 0 Å². The highest BCUT2D eigenvalue weighted by molar-refractivity contribution is 5.60. The van der Waals surface area contributed by atoms with Gasteiger partial charge < -0.3 is 24.4 Å². The summed E-state index contributed by atoms with van der Waals surface area (Å²) in [5, 5.41) is 21.0. The zero-order valence-electron chi connectivity index (χ0n) is 18.1. The van der Waals surface area contributed by atoms with E-state index in [9.17, 15) is 15.0 Å². The minimum Gasteiger partial charge on any atom is -0.434 e. The molecule has 4 unspecified atom stereocenters. The van der Waals surface area contributed by atoms with Crippen LogP contribution in [0.1, 0.15) is 81.6 Å². The molecule has 6 heteroatoms. The molecule has 0 saturated heterocycles. The van der Waals surface area contributed by atoms with Gasteiger partial charge in [0.2, 0.25) is 0 Å². The van der Waals surface area contributed by atoms with Crippen molar-refractivity contribution in [2.75, 3.05) is 6.61 Å². The molecule has 0 bridgehead atoms. The van der Waals surface area contributed by atoms with Gasteiger partial charge in [-0.2, -0.15) is 0 Å². The van der Waals surface area contributed by atoms with Crippen molar-refractivity contribution >= 4 is 6.16 Å². The standard InChI is InChI=1S/C20H40O6/c1-10-15(4)25-16(5)12-20(23,11-2)19(8,9)26-17(21)24-13-14(3)18(6,7)22/h14-16,22-23H,10-13H2,1-9H3. The molecule has 0 aliphatic heterocycles. The quantitative estimate of drug-likeness (QED) is 0.529. The third-order valence-electron chi connectivity index (χ3n) is 5.37. The zero-order chi connectivity index (χ0) is 20.8. The van der Waals surface area contributed by atoms with Crippen LogP contribution in [0.15, 0.2) is 0 Å². The van der Waals surface area contributed by atoms with E-state index in [1.54, 1.807) is 34.6 Å². The maximum absolute atomic E-state index is 12.1. The molecule has 26 heavy (non-hydrogen) atoms. The van der Waals surface area contributed by atoms with E-state index in [4.69, 9.17) is 14.2 Å². The Balaban J connectivity index is 4.87. The fourth-order valence-corrected chi connectivity index (χ4v) is 2.56. The molecule has 0 aliphatic rings. The lowest BCUT2D eigenvalue weighted by molar-refractivity contribution is -0.170. The number of rotatable bonds is 11. The van der Waals surface area contributed by atoms with Gasteiger partial charge in [-0.25, -0.2) is 4.79 Å². The van der Waals surface area contributed by atoms with Crippen LogP contribution in [0.4, 0.5) is 4.79 Å². The van der Waals surface area contributed by atoms with Crippen LogP contribution in [0.3, 0.4) is 0 Å². The van der Waals surface area contributed by atoms with Gasteiger partial charge in [0.1, 0.15) is 17.8 Å². The molecule has 6 nitrogen and oxygen atoms in total. The Bertz CT molecular complexity index is 429. The van der Waals surface area contributed by atoms with E-state index in [-0.39, 0.29) is 24.7 Å². The number of carbonyl (C=O) groups excluding carboxylic acids is 1. The Hall–Kier alpha value is -0.850. The van der Waals surface area contributed by atoms with Crippen LogP contribution in [-0.2, 0) is 14.2 Å². The van der Waals surface area contributed by atoms with Crippen LogP contribution in [-0.4, -0.2) is 52.0 Å². The highest BCUT2D eigenvalue weighted by Crippen LogP contribution is 2.34. The summed E-state index contributed by atoms with van der Waals surface area (Å²) < 4.78 is 16.4. The van der Waals surface area contributed by atoms with Crippen LogP contribution in [0, 0.1) is 5.92 Å². The smallest absolute Gasteiger partial charge is 0.434 e. The molecule has 0 heterocycles. The second-order valence-corrected chi connectivity index (χ2v) is 8.48. The summed E-state index contributed by atoms with van der Waals surface area (Å²) in [6.07, 6.45) is 0.705. The zero-order valence-corrected chi connectivity index (χ0v) is 18.1. The van der Waals surface area contributed by atoms with Crippen molar-refractivity contribution in [3.63, 3.8) is 0 Å². The summed E-state index contributed by atoms with van der Waals surface area (Å²) in [5.74, 6) is -0.243. The lowest BCUT2D eigenvalue weighted by atomic mass is 9.79. The summed E-state index contributed by atoms with van der Waals surface area (Å²) in [4.78, 5) is 12.1. The third-order valence-corrected chi connectivity index (χ3v) is 5.37. The van der Waals surface area contributed by atoms with Crippen LogP contribution < -0.4 is 0 Å². The largest absolute Gasteiger partial charge is 0.508 e. The maximum Gasteiger partial charge on any atom is 0.508 e. The predicted molar refractivity (Wildman–Crippen MR) is 102 cm³/mol. The first-order chi connectivity index (χ1) is 11.7. The minimum atomic E-state index is -1.25. The molecule has 0 aromatic carbocycles. The van der Waals surface area contributed by atoms with Gasteiger partial charge in [-0.1, -0.05) is 20.8 Å². The molecule has 0 saturated carbocycles. The highest BCUT2D eigenvalue weighted by atomic mass is 16.7. The van der Waals surface area contributed by atoms with Gasteiger partial charge >= 0.3 is 6.16 Å². The average molecular weight is 377 g/mol. The number of hydrogen-bond acceptors (Lipinski definition) is 6.